The van der Waals surface area contributed by atoms with E-state index in [4.69, 9.17) is 0 Å². The van der Waals surface area contributed by atoms with Crippen molar-refractivity contribution in [2.45, 2.75) is 50.5 Å². The van der Waals surface area contributed by atoms with E-state index in [1.165, 1.54) is 5.56 Å². The molecule has 138 valence electrons. The molecule has 2 aromatic carbocycles. The Morgan fingerprint density at radius 3 is 2.54 bits per heavy atom. The molecule has 0 aliphatic carbocycles. The van der Waals surface area contributed by atoms with E-state index >= 15 is 0 Å². The summed E-state index contributed by atoms with van der Waals surface area (Å²) < 4.78 is 28.1. The Balaban J connectivity index is 1.68. The van der Waals surface area contributed by atoms with Crippen LogP contribution in [-0.4, -0.2) is 19.4 Å². The molecule has 3 rings (SSSR count). The topological polar surface area (TPSA) is 62.0 Å². The minimum absolute atomic E-state index is 0.195. The summed E-state index contributed by atoms with van der Waals surface area (Å²) in [4.78, 5) is 3.56. The van der Waals surface area contributed by atoms with Crippen LogP contribution in [0.15, 0.2) is 59.6 Å². The third-order valence-electron chi connectivity index (χ3n) is 4.61. The second-order valence-electron chi connectivity index (χ2n) is 6.83. The molecule has 0 saturated heterocycles. The zero-order valence-corrected chi connectivity index (χ0v) is 16.1. The van der Waals surface area contributed by atoms with Crippen LogP contribution in [0.1, 0.15) is 37.8 Å². The van der Waals surface area contributed by atoms with Crippen molar-refractivity contribution in [3.8, 4) is 0 Å². The van der Waals surface area contributed by atoms with Crippen LogP contribution in [-0.2, 0) is 22.9 Å². The van der Waals surface area contributed by atoms with Crippen molar-refractivity contribution >= 4 is 20.9 Å². The smallest absolute Gasteiger partial charge is 0.240 e. The average molecular weight is 371 g/mol. The number of sulfonamides is 1. The van der Waals surface area contributed by atoms with E-state index in [2.05, 4.69) is 22.7 Å². The lowest BCUT2D eigenvalue weighted by molar-refractivity contribution is 0.560. The Morgan fingerprint density at radius 2 is 1.81 bits per heavy atom. The van der Waals surface area contributed by atoms with E-state index in [1.54, 1.807) is 12.1 Å². The number of aromatic nitrogens is 1. The SMILES string of the molecule is CCCCc1ccc(S(=O)(=O)NC(C)Cc2c[nH]c3ccccc23)cc1. The van der Waals surface area contributed by atoms with Gasteiger partial charge in [-0.05, 0) is 55.5 Å². The number of hydrogen-bond donors (Lipinski definition) is 2. The number of fused-ring (bicyclic) bond motifs is 1. The molecule has 5 heteroatoms. The van der Waals surface area contributed by atoms with E-state index in [-0.39, 0.29) is 6.04 Å². The number of nitrogens with one attached hydrogen (secondary N) is 2. The minimum atomic E-state index is -3.51. The first kappa shape index (κ1) is 18.7. The zero-order chi connectivity index (χ0) is 18.6. The second kappa shape index (κ2) is 8.06. The highest BCUT2D eigenvalue weighted by Gasteiger charge is 2.18. The van der Waals surface area contributed by atoms with Gasteiger partial charge in [-0.3, -0.25) is 0 Å². The Hall–Kier alpha value is -2.11. The van der Waals surface area contributed by atoms with Gasteiger partial charge in [-0.25, -0.2) is 13.1 Å². The number of aromatic amines is 1. The predicted octanol–water partition coefficient (Wildman–Crippen LogP) is 4.42. The van der Waals surface area contributed by atoms with E-state index in [1.807, 2.05) is 43.5 Å². The summed E-state index contributed by atoms with van der Waals surface area (Å²) in [6.45, 7) is 4.05. The third kappa shape index (κ3) is 4.34. The Bertz CT molecular complexity index is 959. The molecule has 2 N–H and O–H groups in total. The van der Waals surface area contributed by atoms with Crippen molar-refractivity contribution in [2.75, 3.05) is 0 Å². The van der Waals surface area contributed by atoms with Gasteiger partial charge in [0.2, 0.25) is 10.0 Å². The highest BCUT2D eigenvalue weighted by molar-refractivity contribution is 7.89. The summed E-state index contributed by atoms with van der Waals surface area (Å²) in [6.07, 6.45) is 5.83. The number of rotatable bonds is 8. The van der Waals surface area contributed by atoms with Gasteiger partial charge in [0.25, 0.3) is 0 Å². The van der Waals surface area contributed by atoms with Gasteiger partial charge in [0.15, 0.2) is 0 Å². The number of aryl methyl sites for hydroxylation is 1. The molecule has 1 heterocycles. The van der Waals surface area contributed by atoms with Crippen molar-refractivity contribution < 1.29 is 8.42 Å². The third-order valence-corrected chi connectivity index (χ3v) is 6.22. The van der Waals surface area contributed by atoms with Crippen molar-refractivity contribution in [1.29, 1.82) is 0 Å². The summed E-state index contributed by atoms with van der Waals surface area (Å²) in [5.74, 6) is 0. The molecule has 1 aromatic heterocycles. The zero-order valence-electron chi connectivity index (χ0n) is 15.3. The van der Waals surface area contributed by atoms with Crippen LogP contribution in [0.4, 0.5) is 0 Å². The fourth-order valence-corrected chi connectivity index (χ4v) is 4.46. The lowest BCUT2D eigenvalue weighted by Gasteiger charge is -2.14. The van der Waals surface area contributed by atoms with Gasteiger partial charge in [-0.2, -0.15) is 0 Å². The summed E-state index contributed by atoms with van der Waals surface area (Å²) >= 11 is 0. The normalized spacial score (nSPS) is 13.2. The molecule has 0 saturated carbocycles. The molecule has 1 atom stereocenters. The fraction of sp³-hybridized carbons (Fsp3) is 0.333. The highest BCUT2D eigenvalue weighted by Crippen LogP contribution is 2.20. The molecule has 26 heavy (non-hydrogen) atoms. The maximum absolute atomic E-state index is 12.6. The minimum Gasteiger partial charge on any atom is -0.361 e. The van der Waals surface area contributed by atoms with Crippen LogP contribution in [0.3, 0.4) is 0 Å². The number of hydrogen-bond acceptors (Lipinski definition) is 2. The van der Waals surface area contributed by atoms with Crippen molar-refractivity contribution in [3.05, 3.63) is 65.9 Å². The first-order valence-corrected chi connectivity index (χ1v) is 10.6. The first-order valence-electron chi connectivity index (χ1n) is 9.16. The number of H-pyrrole nitrogens is 1. The fourth-order valence-electron chi connectivity index (χ4n) is 3.22. The van der Waals surface area contributed by atoms with Crippen LogP contribution in [0.25, 0.3) is 10.9 Å². The largest absolute Gasteiger partial charge is 0.361 e. The van der Waals surface area contributed by atoms with Crippen LogP contribution in [0.2, 0.25) is 0 Å². The van der Waals surface area contributed by atoms with E-state index < -0.39 is 10.0 Å². The molecular weight excluding hydrogens is 344 g/mol. The molecule has 4 nitrogen and oxygen atoms in total. The summed E-state index contributed by atoms with van der Waals surface area (Å²) in [7, 11) is -3.51. The van der Waals surface area contributed by atoms with Gasteiger partial charge in [0.05, 0.1) is 4.90 Å². The molecule has 0 radical (unpaired) electrons. The molecule has 0 aliphatic rings. The molecule has 0 bridgehead atoms. The van der Waals surface area contributed by atoms with Crippen LogP contribution < -0.4 is 4.72 Å². The van der Waals surface area contributed by atoms with Gasteiger partial charge in [-0.15, -0.1) is 0 Å². The average Bonchev–Trinajstić information content (AvgIpc) is 3.03. The van der Waals surface area contributed by atoms with E-state index in [0.29, 0.717) is 11.3 Å². The summed E-state index contributed by atoms with van der Waals surface area (Å²) in [5, 5.41) is 1.14. The monoisotopic (exact) mass is 370 g/mol. The molecule has 0 fully saturated rings. The van der Waals surface area contributed by atoms with Gasteiger partial charge in [0.1, 0.15) is 0 Å². The number of unbranched alkanes of at least 4 members (excludes halogenated alkanes) is 1. The molecule has 3 aromatic rings. The predicted molar refractivity (Wildman–Crippen MR) is 107 cm³/mol. The Labute approximate surface area is 155 Å². The van der Waals surface area contributed by atoms with Crippen molar-refractivity contribution in [2.24, 2.45) is 0 Å². The van der Waals surface area contributed by atoms with Gasteiger partial charge in [-0.1, -0.05) is 43.7 Å². The lowest BCUT2D eigenvalue weighted by atomic mass is 10.1. The first-order chi connectivity index (χ1) is 12.5. The maximum Gasteiger partial charge on any atom is 0.240 e. The Kier molecular flexibility index (Phi) is 5.79. The Morgan fingerprint density at radius 1 is 1.08 bits per heavy atom. The van der Waals surface area contributed by atoms with Crippen LogP contribution in [0, 0.1) is 0 Å². The quantitative estimate of drug-likeness (QED) is 0.616. The standard InChI is InChI=1S/C21H26N2O2S/c1-3-4-7-17-10-12-19(13-11-17)26(24,25)23-16(2)14-18-15-22-21-9-6-5-8-20(18)21/h5-6,8-13,15-16,22-23H,3-4,7,14H2,1-2H3. The summed E-state index contributed by atoms with van der Waals surface area (Å²) in [6, 6.07) is 15.1. The molecular formula is C21H26N2O2S. The molecule has 0 spiro atoms. The lowest BCUT2D eigenvalue weighted by Crippen LogP contribution is -2.34. The van der Waals surface area contributed by atoms with E-state index in [9.17, 15) is 8.42 Å². The van der Waals surface area contributed by atoms with Crippen molar-refractivity contribution in [1.82, 2.24) is 9.71 Å². The van der Waals surface area contributed by atoms with Crippen LogP contribution >= 0.6 is 0 Å². The molecule has 0 aliphatic heterocycles. The van der Waals surface area contributed by atoms with Gasteiger partial charge < -0.3 is 4.98 Å². The summed E-state index contributed by atoms with van der Waals surface area (Å²) in [5.41, 5.74) is 3.36. The number of para-hydroxylation sites is 1. The van der Waals surface area contributed by atoms with Crippen LogP contribution in [0.5, 0.6) is 0 Å². The molecule has 0 amide bonds. The van der Waals surface area contributed by atoms with Gasteiger partial charge >= 0.3 is 0 Å². The molecule has 1 unspecified atom stereocenters. The van der Waals surface area contributed by atoms with Crippen molar-refractivity contribution in [3.63, 3.8) is 0 Å². The second-order valence-corrected chi connectivity index (χ2v) is 8.55. The maximum atomic E-state index is 12.6. The highest BCUT2D eigenvalue weighted by atomic mass is 32.2. The number of benzene rings is 2. The van der Waals surface area contributed by atoms with Gasteiger partial charge in [0, 0.05) is 23.1 Å². The van der Waals surface area contributed by atoms with E-state index in [0.717, 1.165) is 35.7 Å².